The molecule has 0 aliphatic rings. The van der Waals surface area contributed by atoms with Crippen molar-refractivity contribution in [2.75, 3.05) is 5.32 Å². The van der Waals surface area contributed by atoms with Crippen LogP contribution in [0.4, 0.5) is 24.8 Å². The van der Waals surface area contributed by atoms with E-state index in [-0.39, 0.29) is 11.8 Å². The molecule has 0 aliphatic carbocycles. The molecule has 0 aliphatic heterocycles. The molecule has 4 aromatic rings. The third kappa shape index (κ3) is 3.47. The van der Waals surface area contributed by atoms with Crippen LogP contribution in [-0.4, -0.2) is 20.9 Å². The summed E-state index contributed by atoms with van der Waals surface area (Å²) in [4.78, 5) is 7.69. The van der Waals surface area contributed by atoms with Gasteiger partial charge in [0.2, 0.25) is 5.95 Å². The Morgan fingerprint density at radius 2 is 1.96 bits per heavy atom. The molecule has 0 atom stereocenters. The van der Waals surface area contributed by atoms with Gasteiger partial charge in [-0.2, -0.15) is 0 Å². The van der Waals surface area contributed by atoms with Crippen molar-refractivity contribution in [3.05, 3.63) is 47.6 Å². The average Bonchev–Trinajstić information content (AvgIpc) is 3.14. The van der Waals surface area contributed by atoms with Crippen LogP contribution < -0.4 is 10.1 Å². The Hall–Kier alpha value is -2.87. The monoisotopic (exact) mass is 408 g/mol. The van der Waals surface area contributed by atoms with E-state index < -0.39 is 6.36 Å². The molecule has 28 heavy (non-hydrogen) atoms. The molecule has 9 heteroatoms. The first-order valence-electron chi connectivity index (χ1n) is 8.52. The van der Waals surface area contributed by atoms with Crippen LogP contribution in [-0.2, 0) is 0 Å². The zero-order valence-electron chi connectivity index (χ0n) is 14.9. The Labute approximate surface area is 163 Å². The highest BCUT2D eigenvalue weighted by Gasteiger charge is 2.31. The number of imidazole rings is 1. The maximum atomic E-state index is 12.6. The quantitative estimate of drug-likeness (QED) is 0.411. The first-order chi connectivity index (χ1) is 13.2. The number of aromatic amines is 1. The second kappa shape index (κ2) is 6.63. The van der Waals surface area contributed by atoms with E-state index in [2.05, 4.69) is 20.0 Å². The Balaban J connectivity index is 1.79. The van der Waals surface area contributed by atoms with E-state index in [1.165, 1.54) is 18.2 Å². The third-order valence-electron chi connectivity index (χ3n) is 4.30. The molecule has 0 saturated carbocycles. The highest BCUT2D eigenvalue weighted by Crippen LogP contribution is 2.33. The first-order valence-corrected chi connectivity index (χ1v) is 8.90. The predicted octanol–water partition coefficient (Wildman–Crippen LogP) is 6.39. The summed E-state index contributed by atoms with van der Waals surface area (Å²) >= 11 is 6.10. The average molecular weight is 409 g/mol. The van der Waals surface area contributed by atoms with Crippen molar-refractivity contribution >= 4 is 45.2 Å². The molecule has 0 unspecified atom stereocenters. The Bertz CT molecular complexity index is 1160. The van der Waals surface area contributed by atoms with E-state index in [1.807, 2.05) is 30.5 Å². The van der Waals surface area contributed by atoms with Gasteiger partial charge in [-0.25, -0.2) is 4.98 Å². The molecule has 0 radical (unpaired) electrons. The Morgan fingerprint density at radius 3 is 2.68 bits per heavy atom. The molecule has 4 rings (SSSR count). The summed E-state index contributed by atoms with van der Waals surface area (Å²) in [7, 11) is 0. The zero-order chi connectivity index (χ0) is 20.1. The second-order valence-corrected chi connectivity index (χ2v) is 7.05. The highest BCUT2D eigenvalue weighted by molar-refractivity contribution is 6.31. The molecule has 0 bridgehead atoms. The number of aromatic nitrogens is 3. The first kappa shape index (κ1) is 18.5. The van der Waals surface area contributed by atoms with E-state index in [4.69, 9.17) is 11.6 Å². The van der Waals surface area contributed by atoms with Crippen molar-refractivity contribution in [3.63, 3.8) is 0 Å². The smallest absolute Gasteiger partial charge is 0.406 e. The number of nitrogens with one attached hydrogen (secondary N) is 2. The molecule has 146 valence electrons. The predicted molar refractivity (Wildman–Crippen MR) is 103 cm³/mol. The number of benzene rings is 2. The number of halogens is 4. The van der Waals surface area contributed by atoms with Crippen molar-refractivity contribution in [2.45, 2.75) is 26.3 Å². The van der Waals surface area contributed by atoms with Crippen molar-refractivity contribution in [3.8, 4) is 5.75 Å². The maximum absolute atomic E-state index is 12.6. The largest absolute Gasteiger partial charge is 0.573 e. The van der Waals surface area contributed by atoms with Crippen molar-refractivity contribution < 1.29 is 17.9 Å². The number of rotatable bonds is 4. The van der Waals surface area contributed by atoms with Crippen molar-refractivity contribution in [2.24, 2.45) is 0 Å². The van der Waals surface area contributed by atoms with Crippen LogP contribution in [0.25, 0.3) is 21.9 Å². The number of nitrogens with zero attached hydrogens (tertiary/aromatic N) is 2. The lowest BCUT2D eigenvalue weighted by Crippen LogP contribution is -2.17. The standard InChI is InChI=1S/C19H16ClF3N4O/c1-10(2)27-17-8-12(28-19(21,22)23)4-6-15(17)25-18(27)26-16-9-24-14-5-3-11(20)7-13(14)16/h3-10,24H,1-2H3,(H,25,26). The molecule has 0 fully saturated rings. The lowest BCUT2D eigenvalue weighted by Gasteiger charge is -2.14. The zero-order valence-corrected chi connectivity index (χ0v) is 15.7. The number of hydrogen-bond acceptors (Lipinski definition) is 3. The molecule has 2 heterocycles. The maximum Gasteiger partial charge on any atom is 0.573 e. The summed E-state index contributed by atoms with van der Waals surface area (Å²) < 4.78 is 43.6. The van der Waals surface area contributed by atoms with Gasteiger partial charge in [0.1, 0.15) is 5.75 Å². The van der Waals surface area contributed by atoms with Gasteiger partial charge in [-0.3, -0.25) is 0 Å². The van der Waals surface area contributed by atoms with Crippen LogP contribution in [0.2, 0.25) is 5.02 Å². The van der Waals surface area contributed by atoms with E-state index in [0.29, 0.717) is 22.0 Å². The molecule has 0 saturated heterocycles. The van der Waals surface area contributed by atoms with Gasteiger partial charge in [0, 0.05) is 34.2 Å². The van der Waals surface area contributed by atoms with Crippen LogP contribution in [0.5, 0.6) is 5.75 Å². The Morgan fingerprint density at radius 1 is 1.18 bits per heavy atom. The molecule has 2 aromatic heterocycles. The summed E-state index contributed by atoms with van der Waals surface area (Å²) in [6, 6.07) is 9.53. The summed E-state index contributed by atoms with van der Waals surface area (Å²) in [5.41, 5.74) is 2.77. The minimum atomic E-state index is -4.75. The fraction of sp³-hybridized carbons (Fsp3) is 0.211. The fourth-order valence-corrected chi connectivity index (χ4v) is 3.37. The molecule has 2 N–H and O–H groups in total. The van der Waals surface area contributed by atoms with E-state index in [0.717, 1.165) is 16.6 Å². The van der Waals surface area contributed by atoms with Gasteiger partial charge in [0.15, 0.2) is 0 Å². The van der Waals surface area contributed by atoms with Gasteiger partial charge in [0.25, 0.3) is 0 Å². The minimum Gasteiger partial charge on any atom is -0.406 e. The van der Waals surface area contributed by atoms with Crippen molar-refractivity contribution in [1.82, 2.24) is 14.5 Å². The number of hydrogen-bond donors (Lipinski definition) is 2. The van der Waals surface area contributed by atoms with Crippen molar-refractivity contribution in [1.29, 1.82) is 0 Å². The van der Waals surface area contributed by atoms with Crippen LogP contribution in [0.15, 0.2) is 42.6 Å². The fourth-order valence-electron chi connectivity index (χ4n) is 3.20. The van der Waals surface area contributed by atoms with Gasteiger partial charge in [-0.15, -0.1) is 13.2 Å². The number of anilines is 2. The SMILES string of the molecule is CC(C)n1c(Nc2c[nH]c3ccc(Cl)cc23)nc2ccc(OC(F)(F)F)cc21. The number of ether oxygens (including phenoxy) is 1. The highest BCUT2D eigenvalue weighted by atomic mass is 35.5. The van der Waals surface area contributed by atoms with Crippen LogP contribution in [0, 0.1) is 0 Å². The number of fused-ring (bicyclic) bond motifs is 2. The number of H-pyrrole nitrogens is 1. The molecular formula is C19H16ClF3N4O. The lowest BCUT2D eigenvalue weighted by atomic mass is 10.2. The van der Waals surface area contributed by atoms with Crippen LogP contribution in [0.1, 0.15) is 19.9 Å². The summed E-state index contributed by atoms with van der Waals surface area (Å²) in [5.74, 6) is 0.224. The van der Waals surface area contributed by atoms with E-state index in [1.54, 1.807) is 12.3 Å². The summed E-state index contributed by atoms with van der Waals surface area (Å²) in [6.45, 7) is 3.85. The molecule has 0 amide bonds. The molecule has 5 nitrogen and oxygen atoms in total. The van der Waals surface area contributed by atoms with Gasteiger partial charge < -0.3 is 19.6 Å². The lowest BCUT2D eigenvalue weighted by molar-refractivity contribution is -0.274. The van der Waals surface area contributed by atoms with Gasteiger partial charge >= 0.3 is 6.36 Å². The van der Waals surface area contributed by atoms with Gasteiger partial charge in [-0.1, -0.05) is 11.6 Å². The minimum absolute atomic E-state index is 0.0533. The van der Waals surface area contributed by atoms with Crippen LogP contribution in [0.3, 0.4) is 0 Å². The number of alkyl halides is 3. The van der Waals surface area contributed by atoms with E-state index in [9.17, 15) is 13.2 Å². The normalized spacial score (nSPS) is 12.2. The summed E-state index contributed by atoms with van der Waals surface area (Å²) in [6.07, 6.45) is -2.95. The van der Waals surface area contributed by atoms with Gasteiger partial charge in [0.05, 0.1) is 16.7 Å². The van der Waals surface area contributed by atoms with Crippen LogP contribution >= 0.6 is 11.6 Å². The molecule has 0 spiro atoms. The molecular weight excluding hydrogens is 393 g/mol. The molecule has 2 aromatic carbocycles. The topological polar surface area (TPSA) is 54.9 Å². The van der Waals surface area contributed by atoms with Gasteiger partial charge in [-0.05, 0) is 44.2 Å². The van der Waals surface area contributed by atoms with E-state index >= 15 is 0 Å². The third-order valence-corrected chi connectivity index (χ3v) is 4.54. The Kier molecular flexibility index (Phi) is 4.38. The summed E-state index contributed by atoms with van der Waals surface area (Å²) in [5, 5.41) is 4.74. The second-order valence-electron chi connectivity index (χ2n) is 6.61.